The molecule has 30 heavy (non-hydrogen) atoms. The van der Waals surface area contributed by atoms with Crippen molar-refractivity contribution in [3.8, 4) is 11.5 Å². The lowest BCUT2D eigenvalue weighted by molar-refractivity contribution is -0.116. The molecule has 3 aromatic rings. The van der Waals surface area contributed by atoms with Crippen LogP contribution in [0, 0.1) is 0 Å². The number of rotatable bonds is 10. The van der Waals surface area contributed by atoms with E-state index in [1.54, 1.807) is 49.1 Å². The predicted octanol–water partition coefficient (Wildman–Crippen LogP) is 3.88. The van der Waals surface area contributed by atoms with E-state index < -0.39 is 0 Å². The lowest BCUT2D eigenvalue weighted by atomic mass is 10.2. The van der Waals surface area contributed by atoms with Crippen molar-refractivity contribution in [3.05, 3.63) is 70.7 Å². The van der Waals surface area contributed by atoms with Crippen molar-refractivity contribution >= 4 is 28.8 Å². The molecule has 0 radical (unpaired) electrons. The van der Waals surface area contributed by atoms with E-state index in [0.717, 1.165) is 5.56 Å². The van der Waals surface area contributed by atoms with Gasteiger partial charge >= 0.3 is 0 Å². The molecule has 8 heteroatoms. The molecule has 0 saturated heterocycles. The monoisotopic (exact) mass is 425 g/mol. The van der Waals surface area contributed by atoms with E-state index in [0.29, 0.717) is 48.7 Å². The zero-order chi connectivity index (χ0) is 21.2. The number of benzene rings is 1. The van der Waals surface area contributed by atoms with E-state index in [2.05, 4.69) is 15.6 Å². The van der Waals surface area contributed by atoms with Gasteiger partial charge in [-0.05, 0) is 47.7 Å². The summed E-state index contributed by atoms with van der Waals surface area (Å²) in [6, 6.07) is 10.7. The second-order valence-corrected chi connectivity index (χ2v) is 7.21. The zero-order valence-electron chi connectivity index (χ0n) is 16.6. The van der Waals surface area contributed by atoms with Crippen LogP contribution in [0.5, 0.6) is 11.5 Å². The van der Waals surface area contributed by atoms with E-state index in [1.165, 1.54) is 11.3 Å². The Hall–Kier alpha value is -3.39. The molecule has 2 aromatic heterocycles. The molecule has 156 valence electrons. The van der Waals surface area contributed by atoms with Crippen LogP contribution in [0.25, 0.3) is 0 Å². The van der Waals surface area contributed by atoms with E-state index in [-0.39, 0.29) is 11.8 Å². The van der Waals surface area contributed by atoms with Gasteiger partial charge in [-0.25, -0.2) is 0 Å². The number of carbonyl (C=O) groups excluding carboxylic acids is 2. The molecule has 0 aliphatic rings. The molecular weight excluding hydrogens is 402 g/mol. The molecule has 2 heterocycles. The van der Waals surface area contributed by atoms with Gasteiger partial charge in [0.2, 0.25) is 5.91 Å². The standard InChI is InChI=1S/C22H23N3O4S/c1-28-19-5-4-18(13-20(19)29-14-16-6-10-23-11-7-16)25-21(26)3-2-9-24-22(27)17-8-12-30-15-17/h4-8,10-13,15H,2-3,9,14H2,1H3,(H,24,27)(H,25,26). The number of thiophene rings is 1. The largest absolute Gasteiger partial charge is 0.493 e. The quantitative estimate of drug-likeness (QED) is 0.481. The third kappa shape index (κ3) is 6.31. The van der Waals surface area contributed by atoms with Crippen LogP contribution in [-0.4, -0.2) is 30.5 Å². The molecule has 7 nitrogen and oxygen atoms in total. The summed E-state index contributed by atoms with van der Waals surface area (Å²) in [5, 5.41) is 9.30. The maximum Gasteiger partial charge on any atom is 0.252 e. The number of anilines is 1. The number of methoxy groups -OCH3 is 1. The fourth-order valence-corrected chi connectivity index (χ4v) is 3.31. The van der Waals surface area contributed by atoms with Crippen molar-refractivity contribution in [1.82, 2.24) is 10.3 Å². The van der Waals surface area contributed by atoms with E-state index in [9.17, 15) is 9.59 Å². The van der Waals surface area contributed by atoms with Crippen molar-refractivity contribution in [2.75, 3.05) is 19.0 Å². The average Bonchev–Trinajstić information content (AvgIpc) is 3.31. The summed E-state index contributed by atoms with van der Waals surface area (Å²) in [5.41, 5.74) is 2.24. The summed E-state index contributed by atoms with van der Waals surface area (Å²) < 4.78 is 11.2. The van der Waals surface area contributed by atoms with Gasteiger partial charge in [0, 0.05) is 48.1 Å². The molecular formula is C22H23N3O4S. The molecule has 2 amide bonds. The Morgan fingerprint density at radius 1 is 1.10 bits per heavy atom. The Bertz CT molecular complexity index is 962. The fourth-order valence-electron chi connectivity index (χ4n) is 2.68. The molecule has 0 saturated carbocycles. The number of pyridine rings is 1. The van der Waals surface area contributed by atoms with E-state index >= 15 is 0 Å². The SMILES string of the molecule is COc1ccc(NC(=O)CCCNC(=O)c2ccsc2)cc1OCc1ccncc1. The minimum Gasteiger partial charge on any atom is -0.493 e. The van der Waals surface area contributed by atoms with Crippen molar-refractivity contribution < 1.29 is 19.1 Å². The second-order valence-electron chi connectivity index (χ2n) is 6.43. The highest BCUT2D eigenvalue weighted by atomic mass is 32.1. The summed E-state index contributed by atoms with van der Waals surface area (Å²) in [4.78, 5) is 28.1. The fraction of sp³-hybridized carbons (Fsp3) is 0.227. The summed E-state index contributed by atoms with van der Waals surface area (Å²) >= 11 is 1.47. The Labute approximate surface area is 179 Å². The Balaban J connectivity index is 1.47. The number of ether oxygens (including phenoxy) is 2. The number of hydrogen-bond acceptors (Lipinski definition) is 6. The van der Waals surface area contributed by atoms with Gasteiger partial charge in [0.25, 0.3) is 5.91 Å². The van der Waals surface area contributed by atoms with Gasteiger partial charge in [0.15, 0.2) is 11.5 Å². The number of aromatic nitrogens is 1. The molecule has 0 fully saturated rings. The Kier molecular flexibility index (Phi) is 7.79. The number of amides is 2. The van der Waals surface area contributed by atoms with Crippen LogP contribution in [-0.2, 0) is 11.4 Å². The molecule has 2 N–H and O–H groups in total. The van der Waals surface area contributed by atoms with Crippen molar-refractivity contribution in [2.45, 2.75) is 19.4 Å². The normalized spacial score (nSPS) is 10.3. The van der Waals surface area contributed by atoms with Crippen LogP contribution < -0.4 is 20.1 Å². The van der Waals surface area contributed by atoms with Crippen LogP contribution in [0.3, 0.4) is 0 Å². The van der Waals surface area contributed by atoms with Crippen molar-refractivity contribution in [1.29, 1.82) is 0 Å². The Morgan fingerprint density at radius 3 is 2.67 bits per heavy atom. The minimum absolute atomic E-state index is 0.122. The summed E-state index contributed by atoms with van der Waals surface area (Å²) in [6.45, 7) is 0.797. The smallest absolute Gasteiger partial charge is 0.252 e. The van der Waals surface area contributed by atoms with Gasteiger partial charge < -0.3 is 20.1 Å². The maximum atomic E-state index is 12.2. The molecule has 3 rings (SSSR count). The topological polar surface area (TPSA) is 89.6 Å². The van der Waals surface area contributed by atoms with Crippen molar-refractivity contribution in [2.24, 2.45) is 0 Å². The first-order chi connectivity index (χ1) is 14.7. The van der Waals surface area contributed by atoms with Crippen LogP contribution in [0.1, 0.15) is 28.8 Å². The third-order valence-corrected chi connectivity index (χ3v) is 4.92. The first-order valence-corrected chi connectivity index (χ1v) is 10.4. The molecule has 1 aromatic carbocycles. The number of hydrogen-bond donors (Lipinski definition) is 2. The lowest BCUT2D eigenvalue weighted by Crippen LogP contribution is -2.25. The average molecular weight is 426 g/mol. The highest BCUT2D eigenvalue weighted by Crippen LogP contribution is 2.31. The molecule has 0 aliphatic carbocycles. The molecule has 0 bridgehead atoms. The third-order valence-electron chi connectivity index (χ3n) is 4.24. The molecule has 0 atom stereocenters. The highest BCUT2D eigenvalue weighted by molar-refractivity contribution is 7.08. The summed E-state index contributed by atoms with van der Waals surface area (Å²) in [5.74, 6) is 0.862. The van der Waals surface area contributed by atoms with Gasteiger partial charge in [0.1, 0.15) is 6.61 Å². The highest BCUT2D eigenvalue weighted by Gasteiger charge is 2.10. The summed E-state index contributed by atoms with van der Waals surface area (Å²) in [7, 11) is 1.57. The number of nitrogens with one attached hydrogen (secondary N) is 2. The summed E-state index contributed by atoms with van der Waals surface area (Å²) in [6.07, 6.45) is 4.25. The van der Waals surface area contributed by atoms with Gasteiger partial charge in [-0.3, -0.25) is 14.6 Å². The maximum absolute atomic E-state index is 12.2. The van der Waals surface area contributed by atoms with E-state index in [1.807, 2.05) is 17.5 Å². The first-order valence-electron chi connectivity index (χ1n) is 9.45. The molecule has 0 spiro atoms. The second kappa shape index (κ2) is 11.0. The molecule has 0 unspecified atom stereocenters. The van der Waals surface area contributed by atoms with E-state index in [4.69, 9.17) is 9.47 Å². The van der Waals surface area contributed by atoms with Crippen LogP contribution in [0.15, 0.2) is 59.6 Å². The van der Waals surface area contributed by atoms with Gasteiger partial charge in [0.05, 0.1) is 7.11 Å². The van der Waals surface area contributed by atoms with Gasteiger partial charge in [-0.15, -0.1) is 0 Å². The van der Waals surface area contributed by atoms with Crippen LogP contribution in [0.2, 0.25) is 0 Å². The molecule has 0 aliphatic heterocycles. The van der Waals surface area contributed by atoms with Crippen molar-refractivity contribution in [3.63, 3.8) is 0 Å². The van der Waals surface area contributed by atoms with Gasteiger partial charge in [-0.1, -0.05) is 0 Å². The number of nitrogens with zero attached hydrogens (tertiary/aromatic N) is 1. The minimum atomic E-state index is -0.134. The lowest BCUT2D eigenvalue weighted by Gasteiger charge is -2.13. The zero-order valence-corrected chi connectivity index (χ0v) is 17.4. The van der Waals surface area contributed by atoms with Crippen LogP contribution >= 0.6 is 11.3 Å². The van der Waals surface area contributed by atoms with Gasteiger partial charge in [-0.2, -0.15) is 11.3 Å². The first kappa shape index (κ1) is 21.3. The number of carbonyl (C=O) groups is 2. The predicted molar refractivity (Wildman–Crippen MR) is 116 cm³/mol. The van der Waals surface area contributed by atoms with Crippen LogP contribution in [0.4, 0.5) is 5.69 Å². The Morgan fingerprint density at radius 2 is 1.93 bits per heavy atom.